The Morgan fingerprint density at radius 1 is 0.443 bits per heavy atom. The molecular formula is C69H132N2O7P+. The third kappa shape index (κ3) is 60.4. The van der Waals surface area contributed by atoms with Crippen molar-refractivity contribution in [2.45, 2.75) is 341 Å². The van der Waals surface area contributed by atoms with E-state index < -0.39 is 20.0 Å². The zero-order valence-corrected chi connectivity index (χ0v) is 54.0. The zero-order valence-electron chi connectivity index (χ0n) is 53.1. The van der Waals surface area contributed by atoms with Gasteiger partial charge in [-0.3, -0.25) is 18.6 Å². The second kappa shape index (κ2) is 59.1. The Morgan fingerprint density at radius 2 is 0.772 bits per heavy atom. The molecule has 0 spiro atoms. The maximum absolute atomic E-state index is 13.6. The molecule has 0 saturated carbocycles. The largest absolute Gasteiger partial charge is 0.472 e. The van der Waals surface area contributed by atoms with Crippen molar-refractivity contribution in [1.29, 1.82) is 0 Å². The fourth-order valence-corrected chi connectivity index (χ4v) is 10.7. The van der Waals surface area contributed by atoms with Crippen molar-refractivity contribution in [2.75, 3.05) is 40.9 Å². The number of rotatable bonds is 62. The highest BCUT2D eigenvalue weighted by atomic mass is 31.2. The van der Waals surface area contributed by atoms with Gasteiger partial charge < -0.3 is 19.4 Å². The molecular weight excluding hydrogens is 1000 g/mol. The molecule has 0 saturated heterocycles. The molecule has 2 N–H and O–H groups in total. The SMILES string of the molecule is CCCCC/C=C\C/C=C\C/C=C\CCCCCCCCC(=O)NC(COP(=O)(O)OCC[N+](C)(C)C)C(/C=C/CCCCCCCCCCC)OC(=O)CCCCCCCCCCCCCCCCCCCCCCCCC. The van der Waals surface area contributed by atoms with Gasteiger partial charge in [-0.05, 0) is 70.3 Å². The molecule has 1 amide bonds. The van der Waals surface area contributed by atoms with Crippen molar-refractivity contribution in [1.82, 2.24) is 5.32 Å². The molecule has 0 aliphatic carbocycles. The number of carbonyl (C=O) groups excluding carboxylic acids is 2. The predicted molar refractivity (Wildman–Crippen MR) is 342 cm³/mol. The minimum Gasteiger partial charge on any atom is -0.456 e. The first-order valence-electron chi connectivity index (χ1n) is 34.0. The van der Waals surface area contributed by atoms with Crippen molar-refractivity contribution in [2.24, 2.45) is 0 Å². The number of quaternary nitrogens is 1. The van der Waals surface area contributed by atoms with Crippen molar-refractivity contribution >= 4 is 19.7 Å². The molecule has 0 bridgehead atoms. The van der Waals surface area contributed by atoms with E-state index in [1.807, 2.05) is 33.3 Å². The summed E-state index contributed by atoms with van der Waals surface area (Å²) in [7, 11) is 1.50. The molecule has 10 heteroatoms. The molecule has 9 nitrogen and oxygen atoms in total. The van der Waals surface area contributed by atoms with Gasteiger partial charge in [0, 0.05) is 12.8 Å². The van der Waals surface area contributed by atoms with Crippen molar-refractivity contribution < 1.29 is 37.3 Å². The molecule has 0 fully saturated rings. The summed E-state index contributed by atoms with van der Waals surface area (Å²) in [5.41, 5.74) is 0. The van der Waals surface area contributed by atoms with Gasteiger partial charge in [-0.25, -0.2) is 4.57 Å². The molecule has 79 heavy (non-hydrogen) atoms. The number of esters is 1. The third-order valence-corrected chi connectivity index (χ3v) is 16.3. The summed E-state index contributed by atoms with van der Waals surface area (Å²) in [6.07, 6.45) is 74.1. The number of allylic oxidation sites excluding steroid dienone is 7. The number of amides is 1. The van der Waals surface area contributed by atoms with E-state index in [0.29, 0.717) is 23.9 Å². The first-order chi connectivity index (χ1) is 38.4. The average molecular weight is 1130 g/mol. The molecule has 0 aliphatic rings. The maximum Gasteiger partial charge on any atom is 0.472 e. The number of phosphoric acid groups is 1. The van der Waals surface area contributed by atoms with E-state index in [9.17, 15) is 19.0 Å². The van der Waals surface area contributed by atoms with Gasteiger partial charge in [-0.15, -0.1) is 0 Å². The van der Waals surface area contributed by atoms with Gasteiger partial charge in [0.1, 0.15) is 19.3 Å². The highest BCUT2D eigenvalue weighted by Crippen LogP contribution is 2.43. The minimum absolute atomic E-state index is 0.0385. The molecule has 0 aromatic heterocycles. The van der Waals surface area contributed by atoms with Crippen LogP contribution in [0.4, 0.5) is 0 Å². The molecule has 3 atom stereocenters. The summed E-state index contributed by atoms with van der Waals surface area (Å²) < 4.78 is 30.8. The monoisotopic (exact) mass is 1130 g/mol. The summed E-state index contributed by atoms with van der Waals surface area (Å²) in [6.45, 7) is 7.01. The van der Waals surface area contributed by atoms with Crippen LogP contribution in [0.25, 0.3) is 0 Å². The molecule has 0 rings (SSSR count). The number of hydrogen-bond donors (Lipinski definition) is 2. The van der Waals surface area contributed by atoms with Gasteiger partial charge in [0.15, 0.2) is 0 Å². The zero-order chi connectivity index (χ0) is 57.9. The number of unbranched alkanes of at least 4 members (excludes halogenated alkanes) is 40. The van der Waals surface area contributed by atoms with Gasteiger partial charge in [-0.2, -0.15) is 0 Å². The van der Waals surface area contributed by atoms with Crippen LogP contribution in [0.5, 0.6) is 0 Å². The van der Waals surface area contributed by atoms with Crippen molar-refractivity contribution in [3.63, 3.8) is 0 Å². The number of hydrogen-bond acceptors (Lipinski definition) is 6. The van der Waals surface area contributed by atoms with Crippen LogP contribution in [-0.2, 0) is 27.9 Å². The molecule has 0 aromatic rings. The quantitative estimate of drug-likeness (QED) is 0.0205. The highest BCUT2D eigenvalue weighted by Gasteiger charge is 2.30. The Kier molecular flexibility index (Phi) is 57.6. The summed E-state index contributed by atoms with van der Waals surface area (Å²) in [4.78, 5) is 37.8. The number of phosphoric ester groups is 1. The van der Waals surface area contributed by atoms with Crippen LogP contribution in [0.3, 0.4) is 0 Å². The fourth-order valence-electron chi connectivity index (χ4n) is 10.0. The second-order valence-corrected chi connectivity index (χ2v) is 25.8. The molecule has 0 heterocycles. The van der Waals surface area contributed by atoms with Gasteiger partial charge in [0.2, 0.25) is 5.91 Å². The van der Waals surface area contributed by atoms with Crippen molar-refractivity contribution in [3.05, 3.63) is 48.6 Å². The van der Waals surface area contributed by atoms with Crippen LogP contribution in [0, 0.1) is 0 Å². The Labute approximate surface area is 490 Å². The normalized spacial score (nSPS) is 13.9. The van der Waals surface area contributed by atoms with Gasteiger partial charge in [0.25, 0.3) is 0 Å². The van der Waals surface area contributed by atoms with Crippen LogP contribution < -0.4 is 5.32 Å². The maximum atomic E-state index is 13.6. The standard InChI is InChI=1S/C69H131N2O7P/c1-7-10-13-16-19-22-25-27-29-31-33-34-35-36-38-40-42-44-47-50-53-56-59-62-69(73)78-67(60-57-54-51-48-45-24-21-18-15-12-9-3)66(65-77-79(74,75)76-64-63-71(4,5)6)70-68(72)61-58-55-52-49-46-43-41-39-37-32-30-28-26-23-20-17-14-11-8-2/h20,23,28,30,37,39,57,60,66-67H,7-19,21-22,24-27,29,31-36,38,40-56,58-59,61-65H2,1-6H3,(H-,70,72,74,75)/p+1/b23-20-,30-28-,39-37-,60-57+. The lowest BCUT2D eigenvalue weighted by Crippen LogP contribution is -2.47. The van der Waals surface area contributed by atoms with Crippen molar-refractivity contribution in [3.8, 4) is 0 Å². The van der Waals surface area contributed by atoms with E-state index in [-0.39, 0.29) is 25.1 Å². The molecule has 0 aromatic carbocycles. The lowest BCUT2D eigenvalue weighted by molar-refractivity contribution is -0.870. The summed E-state index contributed by atoms with van der Waals surface area (Å²) >= 11 is 0. The Morgan fingerprint density at radius 3 is 1.18 bits per heavy atom. The molecule has 0 radical (unpaired) electrons. The number of likely N-dealkylation sites (N-methyl/N-ethyl adjacent to an activating group) is 1. The number of nitrogens with one attached hydrogen (secondary N) is 1. The number of carbonyl (C=O) groups is 2. The highest BCUT2D eigenvalue weighted by molar-refractivity contribution is 7.47. The summed E-state index contributed by atoms with van der Waals surface area (Å²) in [5, 5.41) is 3.06. The van der Waals surface area contributed by atoms with Crippen LogP contribution in [-0.4, -0.2) is 74.3 Å². The smallest absolute Gasteiger partial charge is 0.456 e. The van der Waals surface area contributed by atoms with Gasteiger partial charge >= 0.3 is 13.8 Å². The Balaban J connectivity index is 5.08. The Hall–Kier alpha value is -2.03. The lowest BCUT2D eigenvalue weighted by atomic mass is 10.0. The van der Waals surface area contributed by atoms with Crippen LogP contribution in [0.15, 0.2) is 48.6 Å². The predicted octanol–water partition coefficient (Wildman–Crippen LogP) is 21.2. The average Bonchev–Trinajstić information content (AvgIpc) is 3.41. The molecule has 3 unspecified atom stereocenters. The summed E-state index contributed by atoms with van der Waals surface area (Å²) in [6, 6.07) is -0.853. The minimum atomic E-state index is -4.45. The molecule has 0 aliphatic heterocycles. The molecule has 464 valence electrons. The van der Waals surface area contributed by atoms with E-state index >= 15 is 0 Å². The van der Waals surface area contributed by atoms with E-state index in [4.69, 9.17) is 13.8 Å². The summed E-state index contributed by atoms with van der Waals surface area (Å²) in [5.74, 6) is -0.506. The van der Waals surface area contributed by atoms with E-state index in [2.05, 4.69) is 62.5 Å². The van der Waals surface area contributed by atoms with E-state index in [1.54, 1.807) is 0 Å². The third-order valence-electron chi connectivity index (χ3n) is 15.3. The van der Waals surface area contributed by atoms with E-state index in [0.717, 1.165) is 83.5 Å². The van der Waals surface area contributed by atoms with Crippen LogP contribution >= 0.6 is 7.82 Å². The topological polar surface area (TPSA) is 111 Å². The lowest BCUT2D eigenvalue weighted by Gasteiger charge is -2.27. The number of nitrogens with zero attached hydrogens (tertiary/aromatic N) is 1. The van der Waals surface area contributed by atoms with E-state index in [1.165, 1.54) is 212 Å². The first-order valence-corrected chi connectivity index (χ1v) is 35.5. The van der Waals surface area contributed by atoms with Crippen LogP contribution in [0.1, 0.15) is 329 Å². The van der Waals surface area contributed by atoms with Gasteiger partial charge in [-0.1, -0.05) is 294 Å². The fraction of sp³-hybridized carbons (Fsp3) is 0.855. The number of ether oxygens (including phenoxy) is 1. The van der Waals surface area contributed by atoms with Gasteiger partial charge in [0.05, 0.1) is 33.8 Å². The van der Waals surface area contributed by atoms with Crippen LogP contribution in [0.2, 0.25) is 0 Å². The Bertz CT molecular complexity index is 1490. The second-order valence-electron chi connectivity index (χ2n) is 24.4. The first kappa shape index (κ1) is 77.0.